The molecule has 71 heavy (non-hydrogen) atoms. The summed E-state index contributed by atoms with van der Waals surface area (Å²) in [7, 11) is 0. The summed E-state index contributed by atoms with van der Waals surface area (Å²) in [6.07, 6.45) is 9.68. The van der Waals surface area contributed by atoms with Crippen LogP contribution in [-0.4, -0.2) is 136 Å². The summed E-state index contributed by atoms with van der Waals surface area (Å²) in [6.45, 7) is 11.1. The van der Waals surface area contributed by atoms with E-state index in [4.69, 9.17) is 9.84 Å². The van der Waals surface area contributed by atoms with E-state index < -0.39 is 18.4 Å². The van der Waals surface area contributed by atoms with Crippen molar-refractivity contribution in [1.82, 2.24) is 39.2 Å². The van der Waals surface area contributed by atoms with Gasteiger partial charge in [0.25, 0.3) is 12.3 Å². The number of carbonyl (C=O) groups is 4. The molecule has 0 saturated carbocycles. The Hall–Kier alpha value is -6.40. The van der Waals surface area contributed by atoms with Gasteiger partial charge in [0.2, 0.25) is 17.7 Å². The van der Waals surface area contributed by atoms with Crippen LogP contribution in [0.5, 0.6) is 0 Å². The molecule has 4 fully saturated rings. The molecule has 16 nitrogen and oxygen atoms in total. The first-order valence-corrected chi connectivity index (χ1v) is 25.7. The number of anilines is 4. The van der Waals surface area contributed by atoms with E-state index in [2.05, 4.69) is 46.8 Å². The quantitative estimate of drug-likeness (QED) is 0.167. The minimum atomic E-state index is -2.73. The van der Waals surface area contributed by atoms with Crippen molar-refractivity contribution in [3.63, 3.8) is 0 Å². The number of piperazine rings is 1. The van der Waals surface area contributed by atoms with E-state index in [0.29, 0.717) is 74.9 Å². The largest absolute Gasteiger partial charge is 0.381 e. The van der Waals surface area contributed by atoms with Gasteiger partial charge in [-0.3, -0.25) is 34.1 Å². The topological polar surface area (TPSA) is 144 Å². The van der Waals surface area contributed by atoms with Crippen LogP contribution in [0, 0.1) is 5.92 Å². The lowest BCUT2D eigenvalue weighted by Gasteiger charge is -2.40. The molecule has 1 N–H and O–H groups in total. The highest BCUT2D eigenvalue weighted by Gasteiger charge is 2.40. The van der Waals surface area contributed by atoms with Crippen LogP contribution in [0.2, 0.25) is 0 Å². The number of fused-ring (bicyclic) bond motifs is 4. The van der Waals surface area contributed by atoms with Crippen molar-refractivity contribution in [3.05, 3.63) is 88.5 Å². The summed E-state index contributed by atoms with van der Waals surface area (Å²) in [5.41, 5.74) is 9.48. The zero-order valence-electron chi connectivity index (χ0n) is 40.3. The van der Waals surface area contributed by atoms with E-state index in [0.717, 1.165) is 135 Å². The Morgan fingerprint density at radius 1 is 0.817 bits per heavy atom. The van der Waals surface area contributed by atoms with Crippen molar-refractivity contribution in [1.29, 1.82) is 0 Å². The van der Waals surface area contributed by atoms with E-state index in [1.807, 2.05) is 39.8 Å². The van der Waals surface area contributed by atoms with Crippen molar-refractivity contribution in [2.75, 3.05) is 86.8 Å². The monoisotopic (exact) mass is 969 g/mol. The van der Waals surface area contributed by atoms with Gasteiger partial charge < -0.3 is 33.6 Å². The van der Waals surface area contributed by atoms with E-state index in [1.165, 1.54) is 0 Å². The minimum Gasteiger partial charge on any atom is -0.381 e. The number of aromatic nitrogens is 4. The van der Waals surface area contributed by atoms with Crippen molar-refractivity contribution >= 4 is 52.2 Å². The molecule has 372 valence electrons. The Kier molecular flexibility index (Phi) is 12.0. The van der Waals surface area contributed by atoms with Crippen LogP contribution in [0.1, 0.15) is 103 Å². The van der Waals surface area contributed by atoms with Gasteiger partial charge in [-0.05, 0) is 104 Å². The molecule has 3 aromatic heterocycles. The molecule has 7 aliphatic heterocycles. The summed E-state index contributed by atoms with van der Waals surface area (Å²) in [4.78, 5) is 67.8. The molecule has 0 radical (unpaired) electrons. The Labute approximate surface area is 411 Å². The predicted octanol–water partition coefficient (Wildman–Crippen LogP) is 6.28. The Balaban J connectivity index is 0.748. The number of ether oxygens (including phenoxy) is 1. The van der Waals surface area contributed by atoms with Gasteiger partial charge in [-0.1, -0.05) is 0 Å². The lowest BCUT2D eigenvalue weighted by molar-refractivity contribution is -0.137. The number of nitrogens with zero attached hydrogens (tertiary/aromatic N) is 10. The Morgan fingerprint density at radius 2 is 1.63 bits per heavy atom. The number of benzene rings is 2. The van der Waals surface area contributed by atoms with Gasteiger partial charge in [0, 0.05) is 156 Å². The van der Waals surface area contributed by atoms with Gasteiger partial charge in [-0.15, -0.1) is 0 Å². The molecule has 1 unspecified atom stereocenters. The third-order valence-corrected chi connectivity index (χ3v) is 16.4. The molecule has 12 rings (SSSR count). The summed E-state index contributed by atoms with van der Waals surface area (Å²) in [5, 5.41) is 7.67. The Bertz CT molecular complexity index is 2910. The highest BCUT2D eigenvalue weighted by atomic mass is 19.3. The number of alkyl halides is 2. The number of nitrogens with one attached hydrogen (secondary N) is 1. The fraction of sp³-hybridized carbons (Fsp3) is 0.509. The van der Waals surface area contributed by atoms with Gasteiger partial charge in [0.15, 0.2) is 5.82 Å². The van der Waals surface area contributed by atoms with Crippen molar-refractivity contribution in [2.24, 2.45) is 5.92 Å². The number of rotatable bonds is 9. The maximum atomic E-state index is 15.7. The molecule has 10 heterocycles. The lowest BCUT2D eigenvalue weighted by Crippen LogP contribution is -2.52. The maximum absolute atomic E-state index is 15.7. The number of hydrogen-bond acceptors (Lipinski definition) is 11. The summed E-state index contributed by atoms with van der Waals surface area (Å²) in [5.74, 6) is 0.478. The van der Waals surface area contributed by atoms with Gasteiger partial charge in [0.1, 0.15) is 11.7 Å². The number of piperidine rings is 2. The van der Waals surface area contributed by atoms with Crippen LogP contribution in [0.15, 0.2) is 55.0 Å². The smallest absolute Gasteiger partial charge is 0.264 e. The molecular formula is C53H61F2N11O5. The van der Waals surface area contributed by atoms with Crippen LogP contribution in [0.3, 0.4) is 0 Å². The second kappa shape index (κ2) is 18.7. The van der Waals surface area contributed by atoms with E-state index in [9.17, 15) is 19.2 Å². The van der Waals surface area contributed by atoms with E-state index >= 15 is 8.78 Å². The molecule has 2 aromatic carbocycles. The van der Waals surface area contributed by atoms with Crippen LogP contribution in [0.25, 0.3) is 16.8 Å². The second-order valence-corrected chi connectivity index (χ2v) is 20.6. The number of pyridine rings is 1. The number of amides is 4. The summed E-state index contributed by atoms with van der Waals surface area (Å²) in [6, 6.07) is 11.3. The molecule has 0 spiro atoms. The predicted molar refractivity (Wildman–Crippen MR) is 263 cm³/mol. The molecule has 4 saturated heterocycles. The van der Waals surface area contributed by atoms with Gasteiger partial charge >= 0.3 is 0 Å². The van der Waals surface area contributed by atoms with Crippen molar-refractivity contribution < 1.29 is 32.7 Å². The Morgan fingerprint density at radius 3 is 2.41 bits per heavy atom. The third-order valence-electron chi connectivity index (χ3n) is 16.4. The van der Waals surface area contributed by atoms with Gasteiger partial charge in [-0.25, -0.2) is 13.8 Å². The first-order chi connectivity index (χ1) is 34.5. The molecule has 0 aliphatic carbocycles. The molecule has 18 heteroatoms. The molecule has 0 bridgehead atoms. The molecule has 7 aliphatic rings. The first kappa shape index (κ1) is 45.7. The maximum Gasteiger partial charge on any atom is 0.264 e. The van der Waals surface area contributed by atoms with E-state index in [1.54, 1.807) is 24.1 Å². The van der Waals surface area contributed by atoms with Gasteiger partial charge in [-0.2, -0.15) is 5.10 Å². The summed E-state index contributed by atoms with van der Waals surface area (Å²) >= 11 is 0. The van der Waals surface area contributed by atoms with Crippen LogP contribution in [0.4, 0.5) is 31.7 Å². The standard InChI is InChI=1S/C53H61F2N11O5/c1-33(67)62-17-10-44-43(31-62)51(58-66(44)37-11-23-71-24-12-37)64-14-2-3-35-26-40(42(50(54)55)27-46(35)64)41-28-48-56-13-18-63(48)32-47(41)61-21-19-59(20-22-61)29-34-8-15-60(16-9-34)38-4-5-39-36(25-38)30-65(53(39)70)45-6-7-49(68)57-52(45)69/h4-5,13,18,25-28,32,34,37,45,50H,2-3,6-12,14-17,19-24,29-31H2,1H3,(H,57,68,69). The fourth-order valence-corrected chi connectivity index (χ4v) is 12.5. The van der Waals surface area contributed by atoms with Gasteiger partial charge in [0.05, 0.1) is 18.3 Å². The number of imide groups is 1. The number of aryl methyl sites for hydroxylation is 1. The average Bonchev–Trinajstić information content (AvgIpc) is 4.11. The van der Waals surface area contributed by atoms with Crippen molar-refractivity contribution in [2.45, 2.75) is 96.3 Å². The normalized spacial score (nSPS) is 21.6. The fourth-order valence-electron chi connectivity index (χ4n) is 12.5. The average molecular weight is 970 g/mol. The first-order valence-electron chi connectivity index (χ1n) is 25.7. The summed E-state index contributed by atoms with van der Waals surface area (Å²) < 4.78 is 41.2. The van der Waals surface area contributed by atoms with Crippen LogP contribution in [-0.2, 0) is 45.1 Å². The number of hydrogen-bond donors (Lipinski definition) is 1. The highest BCUT2D eigenvalue weighted by molar-refractivity contribution is 6.05. The van der Waals surface area contributed by atoms with E-state index in [-0.39, 0.29) is 35.7 Å². The zero-order chi connectivity index (χ0) is 48.5. The molecule has 5 aromatic rings. The van der Waals surface area contributed by atoms with Crippen LogP contribution < -0.4 is 20.0 Å². The number of halogens is 2. The molecule has 1 atom stereocenters. The molecular weight excluding hydrogens is 909 g/mol. The van der Waals surface area contributed by atoms with Crippen molar-refractivity contribution in [3.8, 4) is 11.1 Å². The highest BCUT2D eigenvalue weighted by Crippen LogP contribution is 2.46. The SMILES string of the molecule is CC(=O)N1CCc2c(c(N3CCCc4cc(-c5cc6nccn6cc5N5CCN(CC6CCN(c7ccc8c(c7)CN(C7CCC(=O)NC7=O)C8=O)CC6)CC5)c(C(F)F)cc43)nn2C2CCOCC2)C1. The zero-order valence-corrected chi connectivity index (χ0v) is 40.3. The lowest BCUT2D eigenvalue weighted by atomic mass is 9.91. The van der Waals surface area contributed by atoms with Crippen LogP contribution >= 0.6 is 0 Å². The number of carbonyl (C=O) groups excluding carboxylic acids is 4. The molecule has 4 amide bonds. The second-order valence-electron chi connectivity index (χ2n) is 20.6. The minimum absolute atomic E-state index is 0.0107. The number of imidazole rings is 1. The third kappa shape index (κ3) is 8.49.